The van der Waals surface area contributed by atoms with Crippen LogP contribution in [0, 0.1) is 0 Å². The minimum Gasteiger partial charge on any atom is -0.354 e. The van der Waals surface area contributed by atoms with Crippen molar-refractivity contribution in [2.45, 2.75) is 12.5 Å². The molecule has 1 unspecified atom stereocenters. The Morgan fingerprint density at radius 2 is 2.38 bits per heavy atom. The van der Waals surface area contributed by atoms with Crippen LogP contribution >= 0.6 is 0 Å². The van der Waals surface area contributed by atoms with E-state index in [2.05, 4.69) is 20.6 Å². The first kappa shape index (κ1) is 14.9. The van der Waals surface area contributed by atoms with Gasteiger partial charge in [-0.3, -0.25) is 9.59 Å². The minimum atomic E-state index is -0.398. The summed E-state index contributed by atoms with van der Waals surface area (Å²) in [5.41, 5.74) is 6.52. The lowest BCUT2D eigenvalue weighted by atomic mass is 10.3. The molecular formula is C13H18N6O2. The highest BCUT2D eigenvalue weighted by Crippen LogP contribution is 2.15. The summed E-state index contributed by atoms with van der Waals surface area (Å²) in [7, 11) is 1.49. The second-order valence-corrected chi connectivity index (χ2v) is 4.68. The van der Waals surface area contributed by atoms with Gasteiger partial charge in [0.2, 0.25) is 12.4 Å². The smallest absolute Gasteiger partial charge is 0.267 e. The van der Waals surface area contributed by atoms with Crippen LogP contribution in [0.15, 0.2) is 18.0 Å². The summed E-state index contributed by atoms with van der Waals surface area (Å²) in [5.74, 6) is 0.171. The van der Waals surface area contributed by atoms with E-state index in [0.717, 1.165) is 13.0 Å². The van der Waals surface area contributed by atoms with Gasteiger partial charge in [0.25, 0.3) is 5.91 Å². The molecule has 1 atom stereocenters. The molecule has 0 radical (unpaired) electrons. The molecule has 1 aromatic heterocycles. The Labute approximate surface area is 122 Å². The topological polar surface area (TPSA) is 113 Å². The van der Waals surface area contributed by atoms with Crippen molar-refractivity contribution in [3.8, 4) is 0 Å². The number of amides is 2. The Hall–Kier alpha value is -2.48. The maximum absolute atomic E-state index is 11.6. The Balaban J connectivity index is 2.23. The number of nitrogens with zero attached hydrogens (tertiary/aromatic N) is 3. The summed E-state index contributed by atoms with van der Waals surface area (Å²) >= 11 is 0. The van der Waals surface area contributed by atoms with Crippen LogP contribution in [-0.4, -0.2) is 48.5 Å². The number of anilines is 1. The first-order valence-corrected chi connectivity index (χ1v) is 6.61. The van der Waals surface area contributed by atoms with Gasteiger partial charge in [0, 0.05) is 32.4 Å². The first-order chi connectivity index (χ1) is 10.1. The number of hydrogen-bond donors (Lipinski definition) is 3. The Kier molecular flexibility index (Phi) is 4.83. The van der Waals surface area contributed by atoms with Crippen molar-refractivity contribution in [3.05, 3.63) is 23.7 Å². The van der Waals surface area contributed by atoms with E-state index in [-0.39, 0.29) is 11.7 Å². The van der Waals surface area contributed by atoms with E-state index >= 15 is 0 Å². The van der Waals surface area contributed by atoms with Gasteiger partial charge in [-0.25, -0.2) is 9.97 Å². The zero-order valence-electron chi connectivity index (χ0n) is 11.7. The molecule has 1 aliphatic rings. The van der Waals surface area contributed by atoms with Gasteiger partial charge in [-0.05, 0) is 18.6 Å². The van der Waals surface area contributed by atoms with Crippen LogP contribution in [-0.2, 0) is 9.59 Å². The third-order valence-electron chi connectivity index (χ3n) is 3.15. The summed E-state index contributed by atoms with van der Waals surface area (Å²) in [6.07, 6.45) is 4.46. The molecule has 0 spiro atoms. The van der Waals surface area contributed by atoms with Crippen LogP contribution in [0.25, 0.3) is 6.08 Å². The van der Waals surface area contributed by atoms with E-state index in [1.54, 1.807) is 12.3 Å². The molecule has 2 heterocycles. The fourth-order valence-electron chi connectivity index (χ4n) is 2.08. The molecule has 21 heavy (non-hydrogen) atoms. The molecule has 0 bridgehead atoms. The number of nitrogens with one attached hydrogen (secondary N) is 2. The second-order valence-electron chi connectivity index (χ2n) is 4.68. The monoisotopic (exact) mass is 290 g/mol. The van der Waals surface area contributed by atoms with Crippen molar-refractivity contribution in [2.75, 3.05) is 25.0 Å². The summed E-state index contributed by atoms with van der Waals surface area (Å²) in [6, 6.07) is 1.79. The van der Waals surface area contributed by atoms with E-state index in [0.29, 0.717) is 24.6 Å². The third-order valence-corrected chi connectivity index (χ3v) is 3.15. The largest absolute Gasteiger partial charge is 0.354 e. The third kappa shape index (κ3) is 3.76. The normalized spacial score (nSPS) is 18.5. The van der Waals surface area contributed by atoms with E-state index in [1.165, 1.54) is 13.1 Å². The molecule has 1 fully saturated rings. The van der Waals surface area contributed by atoms with Crippen molar-refractivity contribution in [3.63, 3.8) is 0 Å². The van der Waals surface area contributed by atoms with E-state index in [1.807, 2.05) is 4.90 Å². The van der Waals surface area contributed by atoms with Crippen LogP contribution in [0.2, 0.25) is 0 Å². The average molecular weight is 290 g/mol. The molecular weight excluding hydrogens is 272 g/mol. The minimum absolute atomic E-state index is 0.121. The number of carbonyl (C=O) groups excluding carboxylic acids is 2. The highest BCUT2D eigenvalue weighted by atomic mass is 16.2. The van der Waals surface area contributed by atoms with Gasteiger partial charge < -0.3 is 21.3 Å². The van der Waals surface area contributed by atoms with Gasteiger partial charge >= 0.3 is 0 Å². The zero-order valence-corrected chi connectivity index (χ0v) is 11.7. The highest BCUT2D eigenvalue weighted by Gasteiger charge is 2.21. The average Bonchev–Trinajstić information content (AvgIpc) is 2.93. The van der Waals surface area contributed by atoms with Crippen LogP contribution in [0.1, 0.15) is 12.1 Å². The number of carbonyl (C=O) groups is 2. The summed E-state index contributed by atoms with van der Waals surface area (Å²) in [6.45, 7) is 1.52. The Morgan fingerprint density at radius 3 is 3.00 bits per heavy atom. The molecule has 0 saturated carbocycles. The van der Waals surface area contributed by atoms with Gasteiger partial charge in [-0.2, -0.15) is 0 Å². The molecule has 112 valence electrons. The Bertz CT molecular complexity index is 559. The molecule has 2 rings (SSSR count). The second kappa shape index (κ2) is 6.80. The van der Waals surface area contributed by atoms with Crippen LogP contribution < -0.4 is 21.3 Å². The maximum atomic E-state index is 11.6. The zero-order chi connectivity index (χ0) is 15.2. The van der Waals surface area contributed by atoms with E-state index < -0.39 is 5.91 Å². The molecule has 1 aromatic rings. The van der Waals surface area contributed by atoms with E-state index in [4.69, 9.17) is 5.73 Å². The van der Waals surface area contributed by atoms with Gasteiger partial charge in [0.1, 0.15) is 5.70 Å². The number of rotatable bonds is 5. The fourth-order valence-corrected chi connectivity index (χ4v) is 2.08. The lowest BCUT2D eigenvalue weighted by Gasteiger charge is -2.15. The molecule has 0 aliphatic carbocycles. The van der Waals surface area contributed by atoms with Gasteiger partial charge in [0.05, 0.1) is 5.69 Å². The maximum Gasteiger partial charge on any atom is 0.267 e. The quantitative estimate of drug-likeness (QED) is 0.466. The van der Waals surface area contributed by atoms with Crippen molar-refractivity contribution >= 4 is 24.3 Å². The molecule has 0 aromatic carbocycles. The van der Waals surface area contributed by atoms with Gasteiger partial charge in [-0.1, -0.05) is 0 Å². The summed E-state index contributed by atoms with van der Waals surface area (Å²) in [4.78, 5) is 32.8. The predicted molar refractivity (Wildman–Crippen MR) is 78.1 cm³/mol. The van der Waals surface area contributed by atoms with Gasteiger partial charge in [-0.15, -0.1) is 0 Å². The van der Waals surface area contributed by atoms with Gasteiger partial charge in [0.15, 0.2) is 0 Å². The molecule has 1 saturated heterocycles. The standard InChI is InChI=1S/C13H18N6O2/c1-15-12(21)11(17-8-20)6-10-2-4-16-13(18-10)19-5-3-9(14)7-19/h2,4,6,8-9H,3,5,7,14H2,1H3,(H,15,21)(H,17,20)/b11-6-. The lowest BCUT2D eigenvalue weighted by Crippen LogP contribution is -2.28. The number of hydrogen-bond acceptors (Lipinski definition) is 6. The number of nitrogens with two attached hydrogens (primary N) is 1. The number of aromatic nitrogens is 2. The van der Waals surface area contributed by atoms with Crippen LogP contribution in [0.3, 0.4) is 0 Å². The van der Waals surface area contributed by atoms with Crippen LogP contribution in [0.5, 0.6) is 0 Å². The first-order valence-electron chi connectivity index (χ1n) is 6.61. The predicted octanol–water partition coefficient (Wildman–Crippen LogP) is -1.15. The molecule has 2 amide bonds. The fraction of sp³-hybridized carbons (Fsp3) is 0.385. The molecule has 1 aliphatic heterocycles. The summed E-state index contributed by atoms with van der Waals surface area (Å²) in [5, 5.41) is 4.80. The van der Waals surface area contributed by atoms with E-state index in [9.17, 15) is 9.59 Å². The molecule has 8 nitrogen and oxygen atoms in total. The van der Waals surface area contributed by atoms with Crippen molar-refractivity contribution in [1.29, 1.82) is 0 Å². The number of likely N-dealkylation sites (N-methyl/N-ethyl adjacent to an activating group) is 1. The summed E-state index contributed by atoms with van der Waals surface area (Å²) < 4.78 is 0. The molecule has 4 N–H and O–H groups in total. The SMILES string of the molecule is CNC(=O)/C(=C/c1ccnc(N2CCC(N)C2)n1)NC=O. The molecule has 8 heteroatoms. The highest BCUT2D eigenvalue weighted by molar-refractivity contribution is 5.98. The van der Waals surface area contributed by atoms with Crippen molar-refractivity contribution in [1.82, 2.24) is 20.6 Å². The van der Waals surface area contributed by atoms with Crippen LogP contribution in [0.4, 0.5) is 5.95 Å². The Morgan fingerprint density at radius 1 is 1.57 bits per heavy atom. The lowest BCUT2D eigenvalue weighted by molar-refractivity contribution is -0.118. The van der Waals surface area contributed by atoms with Crippen molar-refractivity contribution < 1.29 is 9.59 Å². The van der Waals surface area contributed by atoms with Crippen molar-refractivity contribution in [2.24, 2.45) is 5.73 Å².